The molecule has 1 fully saturated rings. The normalized spacial score (nSPS) is 15.4. The van der Waals surface area contributed by atoms with Gasteiger partial charge >= 0.3 is 12.1 Å². The van der Waals surface area contributed by atoms with E-state index >= 15 is 0 Å². The molecule has 4 aromatic carbocycles. The van der Waals surface area contributed by atoms with Gasteiger partial charge in [-0.15, -0.1) is 0 Å². The molecule has 47 heavy (non-hydrogen) atoms. The van der Waals surface area contributed by atoms with Crippen LogP contribution in [0.4, 0.5) is 13.2 Å². The van der Waals surface area contributed by atoms with Crippen LogP contribution < -0.4 is 5.32 Å². The van der Waals surface area contributed by atoms with E-state index in [2.05, 4.69) is 132 Å². The second-order valence-electron chi connectivity index (χ2n) is 12.0. The second-order valence-corrected chi connectivity index (χ2v) is 12.0. The number of hydrogen-bond donors (Lipinski definition) is 2. The van der Waals surface area contributed by atoms with Gasteiger partial charge in [0.05, 0.1) is 0 Å². The maximum absolute atomic E-state index is 13.5. The van der Waals surface area contributed by atoms with Gasteiger partial charge in [0, 0.05) is 32.1 Å². The molecule has 1 amide bonds. The summed E-state index contributed by atoms with van der Waals surface area (Å²) in [6.07, 6.45) is -3.09. The van der Waals surface area contributed by atoms with Crippen LogP contribution >= 0.6 is 0 Å². The van der Waals surface area contributed by atoms with Crippen LogP contribution in [0.5, 0.6) is 0 Å². The molecule has 1 aliphatic carbocycles. The minimum atomic E-state index is -5.08. The predicted molar refractivity (Wildman–Crippen MR) is 179 cm³/mol. The number of hydrogen-bond acceptors (Lipinski definition) is 4. The first-order valence-corrected chi connectivity index (χ1v) is 15.7. The fourth-order valence-corrected chi connectivity index (χ4v) is 5.31. The number of benzene rings is 4. The second kappa shape index (κ2) is 16.9. The highest BCUT2D eigenvalue weighted by Crippen LogP contribution is 2.48. The van der Waals surface area contributed by atoms with Crippen LogP contribution in [-0.2, 0) is 29.1 Å². The van der Waals surface area contributed by atoms with Crippen molar-refractivity contribution in [1.29, 1.82) is 0 Å². The van der Waals surface area contributed by atoms with Gasteiger partial charge in [-0.05, 0) is 72.8 Å². The summed E-state index contributed by atoms with van der Waals surface area (Å²) < 4.78 is 31.7. The van der Waals surface area contributed by atoms with Gasteiger partial charge in [-0.1, -0.05) is 109 Å². The van der Waals surface area contributed by atoms with E-state index in [4.69, 9.17) is 9.90 Å². The number of aliphatic carboxylic acids is 1. The van der Waals surface area contributed by atoms with Gasteiger partial charge in [0.15, 0.2) is 0 Å². The van der Waals surface area contributed by atoms with Crippen molar-refractivity contribution in [3.63, 3.8) is 0 Å². The lowest BCUT2D eigenvalue weighted by Crippen LogP contribution is -2.37. The highest BCUT2D eigenvalue weighted by atomic mass is 19.4. The van der Waals surface area contributed by atoms with Crippen LogP contribution in [0, 0.1) is 5.92 Å². The summed E-state index contributed by atoms with van der Waals surface area (Å²) in [5.41, 5.74) is 7.52. The molecule has 0 aromatic heterocycles. The number of likely N-dealkylation sites (N-methyl/N-ethyl adjacent to an activating group) is 1. The van der Waals surface area contributed by atoms with E-state index in [1.807, 2.05) is 6.07 Å². The third-order valence-electron chi connectivity index (χ3n) is 8.08. The van der Waals surface area contributed by atoms with Gasteiger partial charge in [0.1, 0.15) is 0 Å². The molecule has 248 valence electrons. The Hall–Kier alpha value is -4.47. The van der Waals surface area contributed by atoms with Crippen molar-refractivity contribution in [3.05, 3.63) is 131 Å². The first-order valence-electron chi connectivity index (χ1n) is 15.7. The number of alkyl halides is 3. The summed E-state index contributed by atoms with van der Waals surface area (Å²) in [6.45, 7) is 4.09. The van der Waals surface area contributed by atoms with Gasteiger partial charge < -0.3 is 20.2 Å². The molecule has 0 aliphatic heterocycles. The molecule has 6 nitrogen and oxygen atoms in total. The van der Waals surface area contributed by atoms with E-state index in [1.54, 1.807) is 0 Å². The SMILES string of the molecule is CN(C)CCN(Cc1ccc(-c2ccc(CNCCc3ccccc3)cc2)cc1)C(=O)C1CC1c1ccccc1.O=C(O)C(F)(F)F. The summed E-state index contributed by atoms with van der Waals surface area (Å²) in [5.74, 6) is -2.00. The highest BCUT2D eigenvalue weighted by Gasteiger charge is 2.45. The molecule has 0 heterocycles. The van der Waals surface area contributed by atoms with Crippen molar-refractivity contribution in [2.75, 3.05) is 33.7 Å². The number of halogens is 3. The Morgan fingerprint density at radius 1 is 0.766 bits per heavy atom. The van der Waals surface area contributed by atoms with Crippen molar-refractivity contribution in [2.24, 2.45) is 5.92 Å². The summed E-state index contributed by atoms with van der Waals surface area (Å²) in [6, 6.07) is 38.6. The number of nitrogens with zero attached hydrogens (tertiary/aromatic N) is 2. The largest absolute Gasteiger partial charge is 0.490 e. The van der Waals surface area contributed by atoms with E-state index in [0.29, 0.717) is 12.5 Å². The van der Waals surface area contributed by atoms with Gasteiger partial charge in [0.2, 0.25) is 5.91 Å². The number of carboxylic acids is 1. The van der Waals surface area contributed by atoms with Crippen molar-refractivity contribution < 1.29 is 27.9 Å². The van der Waals surface area contributed by atoms with Crippen molar-refractivity contribution in [3.8, 4) is 11.1 Å². The van der Waals surface area contributed by atoms with E-state index < -0.39 is 12.1 Å². The number of carbonyl (C=O) groups excluding carboxylic acids is 1. The predicted octanol–water partition coefficient (Wildman–Crippen LogP) is 7.01. The van der Waals surface area contributed by atoms with Crippen LogP contribution in [-0.4, -0.2) is 66.7 Å². The summed E-state index contributed by atoms with van der Waals surface area (Å²) in [4.78, 5) is 26.6. The number of amides is 1. The molecule has 1 aliphatic rings. The van der Waals surface area contributed by atoms with Crippen molar-refractivity contribution in [2.45, 2.75) is 38.0 Å². The molecule has 0 spiro atoms. The zero-order chi connectivity index (χ0) is 33.8. The Labute approximate surface area is 274 Å². The minimum absolute atomic E-state index is 0.107. The average molecular weight is 646 g/mol. The molecule has 4 aromatic rings. The minimum Gasteiger partial charge on any atom is -0.475 e. The molecule has 0 saturated heterocycles. The average Bonchev–Trinajstić information content (AvgIpc) is 3.87. The lowest BCUT2D eigenvalue weighted by molar-refractivity contribution is -0.192. The Balaban J connectivity index is 0.000000644. The summed E-state index contributed by atoms with van der Waals surface area (Å²) in [7, 11) is 4.13. The smallest absolute Gasteiger partial charge is 0.475 e. The van der Waals surface area contributed by atoms with Gasteiger partial charge in [-0.2, -0.15) is 13.2 Å². The Morgan fingerprint density at radius 3 is 1.83 bits per heavy atom. The van der Waals surface area contributed by atoms with Crippen LogP contribution in [0.1, 0.15) is 34.6 Å². The molecule has 9 heteroatoms. The van der Waals surface area contributed by atoms with E-state index in [9.17, 15) is 18.0 Å². The zero-order valence-corrected chi connectivity index (χ0v) is 26.8. The Kier molecular flexibility index (Phi) is 12.7. The summed E-state index contributed by atoms with van der Waals surface area (Å²) >= 11 is 0. The van der Waals surface area contributed by atoms with E-state index in [1.165, 1.54) is 33.4 Å². The Morgan fingerprint density at radius 2 is 1.30 bits per heavy atom. The summed E-state index contributed by atoms with van der Waals surface area (Å²) in [5, 5.41) is 10.7. The molecule has 0 bridgehead atoms. The van der Waals surface area contributed by atoms with E-state index in [-0.39, 0.29) is 11.8 Å². The molecular weight excluding hydrogens is 603 g/mol. The van der Waals surface area contributed by atoms with Gasteiger partial charge in [-0.25, -0.2) is 4.79 Å². The van der Waals surface area contributed by atoms with Gasteiger partial charge in [0.25, 0.3) is 0 Å². The molecule has 2 N–H and O–H groups in total. The van der Waals surface area contributed by atoms with Gasteiger partial charge in [-0.3, -0.25) is 4.79 Å². The number of carbonyl (C=O) groups is 2. The topological polar surface area (TPSA) is 72.9 Å². The molecule has 2 atom stereocenters. The fourth-order valence-electron chi connectivity index (χ4n) is 5.31. The maximum Gasteiger partial charge on any atom is 0.490 e. The first-order chi connectivity index (χ1) is 22.5. The van der Waals surface area contributed by atoms with Crippen LogP contribution in [0.15, 0.2) is 109 Å². The lowest BCUT2D eigenvalue weighted by Gasteiger charge is -2.25. The first kappa shape index (κ1) is 35.4. The quantitative estimate of drug-likeness (QED) is 0.153. The molecule has 5 rings (SSSR count). The third kappa shape index (κ3) is 11.4. The maximum atomic E-state index is 13.5. The fraction of sp³-hybridized carbons (Fsp3) is 0.316. The number of carboxylic acid groups (broad SMARTS) is 1. The molecule has 0 radical (unpaired) electrons. The van der Waals surface area contributed by atoms with Crippen molar-refractivity contribution in [1.82, 2.24) is 15.1 Å². The molecule has 2 unspecified atom stereocenters. The standard InChI is InChI=1S/C36H41N3O.C2HF3O2/c1-38(2)23-24-39(36(40)35-25-34(35)33-11-7-4-8-12-33)27-30-15-19-32(20-16-30)31-17-13-29(14-18-31)26-37-22-21-28-9-5-3-6-10-28;3-2(4,5)1(6)7/h3-20,34-35,37H,21-27H2,1-2H3;(H,6,7). The molecule has 1 saturated carbocycles. The third-order valence-corrected chi connectivity index (χ3v) is 8.08. The van der Waals surface area contributed by atoms with Crippen LogP contribution in [0.25, 0.3) is 11.1 Å². The van der Waals surface area contributed by atoms with Crippen LogP contribution in [0.2, 0.25) is 0 Å². The zero-order valence-electron chi connectivity index (χ0n) is 26.8. The van der Waals surface area contributed by atoms with Crippen molar-refractivity contribution >= 4 is 11.9 Å². The molecular formula is C38H42F3N3O3. The lowest BCUT2D eigenvalue weighted by atomic mass is 10.0. The highest BCUT2D eigenvalue weighted by molar-refractivity contribution is 5.83. The monoisotopic (exact) mass is 645 g/mol. The van der Waals surface area contributed by atoms with E-state index in [0.717, 1.165) is 39.0 Å². The number of nitrogens with one attached hydrogen (secondary N) is 1. The van der Waals surface area contributed by atoms with Crippen LogP contribution in [0.3, 0.4) is 0 Å². The number of rotatable bonds is 13. The Bertz CT molecular complexity index is 1540.